The second kappa shape index (κ2) is 11.7. The molecule has 0 bridgehead atoms. The summed E-state index contributed by atoms with van der Waals surface area (Å²) < 4.78 is 5.16. The first-order chi connectivity index (χ1) is 12.7. The van der Waals surface area contributed by atoms with Crippen LogP contribution in [0.4, 0.5) is 0 Å². The zero-order valence-corrected chi connectivity index (χ0v) is 16.0. The Kier molecular flexibility index (Phi) is 9.18. The van der Waals surface area contributed by atoms with Crippen molar-refractivity contribution in [3.63, 3.8) is 0 Å². The van der Waals surface area contributed by atoms with E-state index in [4.69, 9.17) is 4.74 Å². The Labute approximate surface area is 157 Å². The van der Waals surface area contributed by atoms with Crippen molar-refractivity contribution in [1.29, 1.82) is 0 Å². The average molecular weight is 360 g/mol. The van der Waals surface area contributed by atoms with Gasteiger partial charge in [-0.25, -0.2) is 0 Å². The summed E-state index contributed by atoms with van der Waals surface area (Å²) in [7, 11) is 1.65. The van der Waals surface area contributed by atoms with Crippen molar-refractivity contribution in [2.24, 2.45) is 0 Å². The molecule has 0 saturated carbocycles. The minimum atomic E-state index is 0.0315. The number of hydrogen-bond acceptors (Lipinski definition) is 3. The van der Waals surface area contributed by atoms with E-state index in [1.165, 1.54) is 5.56 Å². The molecule has 1 aromatic carbocycles. The van der Waals surface area contributed by atoms with Crippen LogP contribution in [-0.4, -0.2) is 61.5 Å². The molecule has 5 nitrogen and oxygen atoms in total. The molecular formula is C21H32N2O3. The van der Waals surface area contributed by atoms with Crippen LogP contribution in [0.25, 0.3) is 0 Å². The standard InChI is InChI=1S/C21H32N2O3/c1-26-17-16-22(15-9-12-19-10-5-4-6-11-19)21(25)18-23-14-8-3-2-7-13-20(23)24/h4-6,10-11H,2-3,7-9,12-18H2,1H3. The SMILES string of the molecule is COCCN(CCCc1ccccc1)C(=O)CN1CCCCCCC1=O. The summed E-state index contributed by atoms with van der Waals surface area (Å²) in [5, 5.41) is 0. The molecule has 0 spiro atoms. The number of methoxy groups -OCH3 is 1. The first-order valence-electron chi connectivity index (χ1n) is 9.79. The van der Waals surface area contributed by atoms with Gasteiger partial charge < -0.3 is 14.5 Å². The highest BCUT2D eigenvalue weighted by atomic mass is 16.5. The van der Waals surface area contributed by atoms with E-state index in [2.05, 4.69) is 12.1 Å². The maximum Gasteiger partial charge on any atom is 0.242 e. The highest BCUT2D eigenvalue weighted by Crippen LogP contribution is 2.12. The minimum absolute atomic E-state index is 0.0315. The van der Waals surface area contributed by atoms with Gasteiger partial charge in [-0.15, -0.1) is 0 Å². The van der Waals surface area contributed by atoms with E-state index in [-0.39, 0.29) is 18.4 Å². The van der Waals surface area contributed by atoms with Crippen LogP contribution in [0.1, 0.15) is 44.1 Å². The summed E-state index contributed by atoms with van der Waals surface area (Å²) >= 11 is 0. The summed E-state index contributed by atoms with van der Waals surface area (Å²) in [6.07, 6.45) is 6.61. The third-order valence-corrected chi connectivity index (χ3v) is 4.90. The van der Waals surface area contributed by atoms with E-state index in [1.54, 1.807) is 12.0 Å². The van der Waals surface area contributed by atoms with Gasteiger partial charge >= 0.3 is 0 Å². The van der Waals surface area contributed by atoms with Crippen LogP contribution >= 0.6 is 0 Å². The van der Waals surface area contributed by atoms with E-state index in [1.807, 2.05) is 23.1 Å². The van der Waals surface area contributed by atoms with Crippen LogP contribution in [0.3, 0.4) is 0 Å². The average Bonchev–Trinajstić information content (AvgIpc) is 2.65. The Morgan fingerprint density at radius 1 is 1.12 bits per heavy atom. The number of hydrogen-bond donors (Lipinski definition) is 0. The minimum Gasteiger partial charge on any atom is -0.383 e. The lowest BCUT2D eigenvalue weighted by Crippen LogP contribution is -2.45. The van der Waals surface area contributed by atoms with Gasteiger partial charge in [0.05, 0.1) is 13.2 Å². The molecule has 26 heavy (non-hydrogen) atoms. The van der Waals surface area contributed by atoms with Crippen LogP contribution in [-0.2, 0) is 20.7 Å². The molecule has 0 aromatic heterocycles. The van der Waals surface area contributed by atoms with Gasteiger partial charge in [0.2, 0.25) is 11.8 Å². The first kappa shape index (κ1) is 20.4. The smallest absolute Gasteiger partial charge is 0.242 e. The Balaban J connectivity index is 1.86. The molecule has 1 heterocycles. The van der Waals surface area contributed by atoms with Gasteiger partial charge in [0.15, 0.2) is 0 Å². The summed E-state index contributed by atoms with van der Waals surface area (Å²) in [4.78, 5) is 28.6. The molecule has 0 atom stereocenters. The zero-order chi connectivity index (χ0) is 18.6. The van der Waals surface area contributed by atoms with Gasteiger partial charge in [-0.2, -0.15) is 0 Å². The van der Waals surface area contributed by atoms with Crippen LogP contribution in [0.2, 0.25) is 0 Å². The highest BCUT2D eigenvalue weighted by Gasteiger charge is 2.21. The predicted octanol–water partition coefficient (Wildman–Crippen LogP) is 2.89. The summed E-state index contributed by atoms with van der Waals surface area (Å²) in [6.45, 7) is 2.69. The Morgan fingerprint density at radius 3 is 2.65 bits per heavy atom. The molecule has 1 aliphatic heterocycles. The molecule has 0 N–H and O–H groups in total. The lowest BCUT2D eigenvalue weighted by molar-refractivity contribution is -0.141. The third kappa shape index (κ3) is 7.16. The molecule has 2 rings (SSSR count). The first-order valence-corrected chi connectivity index (χ1v) is 9.79. The number of carbonyl (C=O) groups is 2. The van der Waals surface area contributed by atoms with E-state index in [0.717, 1.165) is 38.5 Å². The van der Waals surface area contributed by atoms with Crippen molar-refractivity contribution < 1.29 is 14.3 Å². The normalized spacial score (nSPS) is 15.4. The van der Waals surface area contributed by atoms with Gasteiger partial charge in [0.1, 0.15) is 0 Å². The van der Waals surface area contributed by atoms with Crippen LogP contribution in [0, 0.1) is 0 Å². The van der Waals surface area contributed by atoms with Crippen molar-refractivity contribution >= 4 is 11.8 Å². The number of likely N-dealkylation sites (tertiary alicyclic amines) is 1. The maximum absolute atomic E-state index is 12.8. The fourth-order valence-corrected chi connectivity index (χ4v) is 3.33. The number of nitrogens with zero attached hydrogens (tertiary/aromatic N) is 2. The molecule has 0 aliphatic carbocycles. The number of rotatable bonds is 9. The maximum atomic E-state index is 12.8. The highest BCUT2D eigenvalue weighted by molar-refractivity contribution is 5.84. The van der Waals surface area contributed by atoms with Crippen molar-refractivity contribution in [2.75, 3.05) is 39.9 Å². The lowest BCUT2D eigenvalue weighted by Gasteiger charge is -2.28. The van der Waals surface area contributed by atoms with Crippen molar-refractivity contribution in [3.05, 3.63) is 35.9 Å². The molecule has 0 unspecified atom stereocenters. The third-order valence-electron chi connectivity index (χ3n) is 4.90. The molecule has 5 heteroatoms. The summed E-state index contributed by atoms with van der Waals surface area (Å²) in [6, 6.07) is 10.3. The number of aryl methyl sites for hydroxylation is 1. The Hall–Kier alpha value is -1.88. The molecule has 144 valence electrons. The summed E-state index contributed by atoms with van der Waals surface area (Å²) in [5.41, 5.74) is 1.28. The van der Waals surface area contributed by atoms with E-state index in [9.17, 15) is 9.59 Å². The van der Waals surface area contributed by atoms with Gasteiger partial charge in [-0.1, -0.05) is 43.2 Å². The van der Waals surface area contributed by atoms with E-state index >= 15 is 0 Å². The molecular weight excluding hydrogens is 328 g/mol. The molecule has 1 aliphatic rings. The largest absolute Gasteiger partial charge is 0.383 e. The van der Waals surface area contributed by atoms with Gasteiger partial charge in [0, 0.05) is 33.2 Å². The molecule has 1 fully saturated rings. The predicted molar refractivity (Wildman–Crippen MR) is 103 cm³/mol. The summed E-state index contributed by atoms with van der Waals surface area (Å²) in [5.74, 6) is 0.151. The Bertz CT molecular complexity index is 547. The lowest BCUT2D eigenvalue weighted by atomic mass is 10.1. The second-order valence-electron chi connectivity index (χ2n) is 6.94. The van der Waals surface area contributed by atoms with Crippen molar-refractivity contribution in [1.82, 2.24) is 9.80 Å². The Morgan fingerprint density at radius 2 is 1.88 bits per heavy atom. The number of carbonyl (C=O) groups excluding carboxylic acids is 2. The molecule has 0 radical (unpaired) electrons. The number of amides is 2. The van der Waals surface area contributed by atoms with Crippen LogP contribution < -0.4 is 0 Å². The topological polar surface area (TPSA) is 49.9 Å². The monoisotopic (exact) mass is 360 g/mol. The fraction of sp³-hybridized carbons (Fsp3) is 0.619. The quantitative estimate of drug-likeness (QED) is 0.680. The molecule has 2 amide bonds. The van der Waals surface area contributed by atoms with Gasteiger partial charge in [-0.05, 0) is 31.2 Å². The van der Waals surface area contributed by atoms with Crippen LogP contribution in [0.5, 0.6) is 0 Å². The zero-order valence-electron chi connectivity index (χ0n) is 16.0. The fourth-order valence-electron chi connectivity index (χ4n) is 3.33. The van der Waals surface area contributed by atoms with Crippen LogP contribution in [0.15, 0.2) is 30.3 Å². The van der Waals surface area contributed by atoms with Crippen molar-refractivity contribution in [2.45, 2.75) is 44.9 Å². The number of ether oxygens (including phenoxy) is 1. The number of benzene rings is 1. The van der Waals surface area contributed by atoms with Crippen molar-refractivity contribution in [3.8, 4) is 0 Å². The second-order valence-corrected chi connectivity index (χ2v) is 6.94. The van der Waals surface area contributed by atoms with Gasteiger partial charge in [0.25, 0.3) is 0 Å². The van der Waals surface area contributed by atoms with Gasteiger partial charge in [-0.3, -0.25) is 9.59 Å². The van der Waals surface area contributed by atoms with E-state index in [0.29, 0.717) is 32.7 Å². The molecule has 1 saturated heterocycles. The van der Waals surface area contributed by atoms with E-state index < -0.39 is 0 Å². The molecule has 1 aromatic rings.